The molecule has 3 N–H and O–H groups in total. The summed E-state index contributed by atoms with van der Waals surface area (Å²) in [6.07, 6.45) is 2.64. The van der Waals surface area contributed by atoms with Crippen LogP contribution in [-0.2, 0) is 24.3 Å². The first kappa shape index (κ1) is 20.6. The summed E-state index contributed by atoms with van der Waals surface area (Å²) in [7, 11) is 1.66. The number of fused-ring (bicyclic) bond motifs is 1. The molecule has 8 heteroatoms. The van der Waals surface area contributed by atoms with Gasteiger partial charge in [0.2, 0.25) is 5.91 Å². The molecule has 1 aliphatic heterocycles. The Labute approximate surface area is 170 Å². The number of carbonyl (C=O) groups is 1. The van der Waals surface area contributed by atoms with Crippen LogP contribution in [-0.4, -0.2) is 38.2 Å². The van der Waals surface area contributed by atoms with Gasteiger partial charge in [0, 0.05) is 31.1 Å². The second-order valence-electron chi connectivity index (χ2n) is 6.77. The Hall–Kier alpha value is -3.16. The Bertz CT molecular complexity index is 849. The summed E-state index contributed by atoms with van der Waals surface area (Å²) >= 11 is 0. The van der Waals surface area contributed by atoms with Crippen molar-refractivity contribution in [3.05, 3.63) is 47.4 Å². The number of nitrogens with one attached hydrogen (secondary N) is 3. The topological polar surface area (TPSA) is 97.1 Å². The molecule has 1 aromatic heterocycles. The summed E-state index contributed by atoms with van der Waals surface area (Å²) in [5, 5.41) is 9.00. The standard InChI is InChI=1S/C21H28N4O4/c1-4-27-18-9-15-8-14(2)29-19(15)10-16(18)11-24-21(22-3)25-13-20(26)23-12-17-6-5-7-28-17/h5-7,9-10,14H,4,8,11-13H2,1-3H3,(H,23,26)(H2,22,24,25). The predicted molar refractivity (Wildman–Crippen MR) is 110 cm³/mol. The van der Waals surface area contributed by atoms with E-state index >= 15 is 0 Å². The molecule has 156 valence electrons. The van der Waals surface area contributed by atoms with Crippen LogP contribution in [0.2, 0.25) is 0 Å². The highest BCUT2D eigenvalue weighted by Gasteiger charge is 2.22. The van der Waals surface area contributed by atoms with Crippen LogP contribution in [0, 0.1) is 0 Å². The van der Waals surface area contributed by atoms with Gasteiger partial charge < -0.3 is 29.8 Å². The largest absolute Gasteiger partial charge is 0.494 e. The first-order valence-electron chi connectivity index (χ1n) is 9.78. The summed E-state index contributed by atoms with van der Waals surface area (Å²) in [5.74, 6) is 2.81. The lowest BCUT2D eigenvalue weighted by Gasteiger charge is -2.15. The SMILES string of the molecule is CCOc1cc2c(cc1CNC(=NC)NCC(=O)NCc1ccco1)OC(C)C2. The number of amides is 1. The van der Waals surface area contributed by atoms with Crippen molar-refractivity contribution in [2.75, 3.05) is 20.2 Å². The monoisotopic (exact) mass is 400 g/mol. The molecule has 1 atom stereocenters. The van der Waals surface area contributed by atoms with Gasteiger partial charge >= 0.3 is 0 Å². The summed E-state index contributed by atoms with van der Waals surface area (Å²) < 4.78 is 16.9. The normalized spacial score (nSPS) is 15.4. The zero-order valence-electron chi connectivity index (χ0n) is 17.1. The van der Waals surface area contributed by atoms with Gasteiger partial charge in [0.15, 0.2) is 5.96 Å². The number of carbonyl (C=O) groups excluding carboxylic acids is 1. The molecule has 0 aliphatic carbocycles. The maximum Gasteiger partial charge on any atom is 0.239 e. The van der Waals surface area contributed by atoms with Gasteiger partial charge in [-0.25, -0.2) is 0 Å². The Kier molecular flexibility index (Phi) is 6.99. The molecular weight excluding hydrogens is 372 g/mol. The van der Waals surface area contributed by atoms with Gasteiger partial charge in [-0.1, -0.05) is 0 Å². The van der Waals surface area contributed by atoms with Crippen LogP contribution in [0.4, 0.5) is 0 Å². The second-order valence-corrected chi connectivity index (χ2v) is 6.77. The van der Waals surface area contributed by atoms with E-state index in [-0.39, 0.29) is 18.6 Å². The van der Waals surface area contributed by atoms with Crippen LogP contribution in [0.5, 0.6) is 11.5 Å². The first-order valence-corrected chi connectivity index (χ1v) is 9.78. The van der Waals surface area contributed by atoms with Crippen LogP contribution in [0.25, 0.3) is 0 Å². The zero-order chi connectivity index (χ0) is 20.6. The quantitative estimate of drug-likeness (QED) is 0.463. The van der Waals surface area contributed by atoms with E-state index in [1.807, 2.05) is 19.1 Å². The van der Waals surface area contributed by atoms with Crippen molar-refractivity contribution in [2.45, 2.75) is 39.5 Å². The molecule has 0 radical (unpaired) electrons. The van der Waals surface area contributed by atoms with Gasteiger partial charge in [0.25, 0.3) is 0 Å². The molecule has 3 rings (SSSR count). The average Bonchev–Trinajstić information content (AvgIpc) is 3.35. The maximum atomic E-state index is 12.0. The molecule has 1 aromatic carbocycles. The fourth-order valence-electron chi connectivity index (χ4n) is 3.13. The molecule has 0 bridgehead atoms. The van der Waals surface area contributed by atoms with E-state index in [1.165, 1.54) is 5.56 Å². The summed E-state index contributed by atoms with van der Waals surface area (Å²) in [6.45, 7) is 5.56. The maximum absolute atomic E-state index is 12.0. The Morgan fingerprint density at radius 1 is 1.28 bits per heavy atom. The number of aliphatic imine (C=N–C) groups is 1. The van der Waals surface area contributed by atoms with E-state index in [9.17, 15) is 4.79 Å². The summed E-state index contributed by atoms with van der Waals surface area (Å²) in [4.78, 5) is 16.2. The van der Waals surface area contributed by atoms with Crippen molar-refractivity contribution < 1.29 is 18.7 Å². The van der Waals surface area contributed by atoms with Crippen molar-refractivity contribution in [3.8, 4) is 11.5 Å². The molecule has 0 saturated carbocycles. The number of hydrogen-bond acceptors (Lipinski definition) is 5. The Balaban J connectivity index is 1.52. The van der Waals surface area contributed by atoms with E-state index in [2.05, 4.69) is 33.9 Å². The van der Waals surface area contributed by atoms with Gasteiger partial charge in [0.05, 0.1) is 26.0 Å². The van der Waals surface area contributed by atoms with Crippen molar-refractivity contribution >= 4 is 11.9 Å². The van der Waals surface area contributed by atoms with E-state index in [0.29, 0.717) is 31.4 Å². The predicted octanol–water partition coefficient (Wildman–Crippen LogP) is 1.98. The van der Waals surface area contributed by atoms with Gasteiger partial charge in [0.1, 0.15) is 23.4 Å². The number of benzene rings is 1. The minimum absolute atomic E-state index is 0.101. The van der Waals surface area contributed by atoms with E-state index in [4.69, 9.17) is 13.9 Å². The first-order chi connectivity index (χ1) is 14.1. The molecule has 1 unspecified atom stereocenters. The highest BCUT2D eigenvalue weighted by molar-refractivity contribution is 5.86. The van der Waals surface area contributed by atoms with Crippen LogP contribution in [0.15, 0.2) is 39.9 Å². The number of nitrogens with zero attached hydrogens (tertiary/aromatic N) is 1. The zero-order valence-corrected chi connectivity index (χ0v) is 17.1. The lowest BCUT2D eigenvalue weighted by molar-refractivity contribution is -0.120. The van der Waals surface area contributed by atoms with Crippen LogP contribution >= 0.6 is 0 Å². The van der Waals surface area contributed by atoms with Crippen LogP contribution in [0.1, 0.15) is 30.7 Å². The molecule has 8 nitrogen and oxygen atoms in total. The summed E-state index contributed by atoms with van der Waals surface area (Å²) in [6, 6.07) is 7.66. The van der Waals surface area contributed by atoms with Gasteiger partial charge in [-0.2, -0.15) is 0 Å². The number of furan rings is 1. The fourth-order valence-corrected chi connectivity index (χ4v) is 3.13. The number of rotatable bonds is 8. The lowest BCUT2D eigenvalue weighted by Crippen LogP contribution is -2.42. The third-order valence-electron chi connectivity index (χ3n) is 4.51. The molecule has 1 aliphatic rings. The number of guanidine groups is 1. The average molecular weight is 400 g/mol. The molecule has 2 heterocycles. The van der Waals surface area contributed by atoms with Crippen LogP contribution < -0.4 is 25.4 Å². The molecule has 1 amide bonds. The second kappa shape index (κ2) is 9.86. The van der Waals surface area contributed by atoms with Crippen molar-refractivity contribution in [2.24, 2.45) is 4.99 Å². The highest BCUT2D eigenvalue weighted by Crippen LogP contribution is 2.35. The molecular formula is C21H28N4O4. The van der Waals surface area contributed by atoms with Crippen LogP contribution in [0.3, 0.4) is 0 Å². The van der Waals surface area contributed by atoms with Crippen molar-refractivity contribution in [3.63, 3.8) is 0 Å². The fraction of sp³-hybridized carbons (Fsp3) is 0.429. The van der Waals surface area contributed by atoms with Gasteiger partial charge in [-0.15, -0.1) is 0 Å². The Morgan fingerprint density at radius 3 is 2.86 bits per heavy atom. The Morgan fingerprint density at radius 2 is 2.14 bits per heavy atom. The highest BCUT2D eigenvalue weighted by atomic mass is 16.5. The van der Waals surface area contributed by atoms with E-state index in [0.717, 1.165) is 23.5 Å². The molecule has 0 fully saturated rings. The van der Waals surface area contributed by atoms with Gasteiger partial charge in [-0.3, -0.25) is 9.79 Å². The van der Waals surface area contributed by atoms with Gasteiger partial charge in [-0.05, 0) is 38.1 Å². The third kappa shape index (κ3) is 5.66. The molecule has 0 saturated heterocycles. The number of hydrogen-bond donors (Lipinski definition) is 3. The lowest BCUT2D eigenvalue weighted by atomic mass is 10.1. The van der Waals surface area contributed by atoms with Crippen molar-refractivity contribution in [1.29, 1.82) is 0 Å². The van der Waals surface area contributed by atoms with E-state index in [1.54, 1.807) is 19.4 Å². The minimum Gasteiger partial charge on any atom is -0.494 e. The minimum atomic E-state index is -0.153. The molecule has 29 heavy (non-hydrogen) atoms. The van der Waals surface area contributed by atoms with E-state index < -0.39 is 0 Å². The third-order valence-corrected chi connectivity index (χ3v) is 4.51. The molecule has 2 aromatic rings. The molecule has 0 spiro atoms. The smallest absolute Gasteiger partial charge is 0.239 e. The number of ether oxygens (including phenoxy) is 2. The van der Waals surface area contributed by atoms with Crippen molar-refractivity contribution in [1.82, 2.24) is 16.0 Å². The summed E-state index contributed by atoms with van der Waals surface area (Å²) in [5.41, 5.74) is 2.14.